The second-order valence-electron chi connectivity index (χ2n) is 4.37. The molecule has 0 unspecified atom stereocenters. The first-order valence-electron chi connectivity index (χ1n) is 6.63. The highest BCUT2D eigenvalue weighted by atomic mass is 35.5. The van der Waals surface area contributed by atoms with Crippen LogP contribution in [0.15, 0.2) is 18.3 Å². The highest BCUT2D eigenvalue weighted by Crippen LogP contribution is 2.33. The zero-order valence-electron chi connectivity index (χ0n) is 11.6. The Labute approximate surface area is 128 Å². The van der Waals surface area contributed by atoms with E-state index in [4.69, 9.17) is 27.9 Å². The number of rotatable bonds is 6. The fraction of sp³-hybridized carbons (Fsp3) is 0.429. The van der Waals surface area contributed by atoms with Crippen LogP contribution >= 0.6 is 23.2 Å². The molecule has 4 nitrogen and oxygen atoms in total. The summed E-state index contributed by atoms with van der Waals surface area (Å²) in [4.78, 5) is 0. The summed E-state index contributed by atoms with van der Waals surface area (Å²) in [6, 6.07) is 3.59. The predicted molar refractivity (Wildman–Crippen MR) is 80.7 cm³/mol. The van der Waals surface area contributed by atoms with Gasteiger partial charge in [-0.3, -0.25) is 4.68 Å². The zero-order chi connectivity index (χ0) is 14.5. The first-order valence-corrected chi connectivity index (χ1v) is 7.39. The zero-order valence-corrected chi connectivity index (χ0v) is 13.1. The van der Waals surface area contributed by atoms with E-state index in [2.05, 4.69) is 10.3 Å². The Morgan fingerprint density at radius 3 is 2.65 bits per heavy atom. The van der Waals surface area contributed by atoms with Crippen molar-refractivity contribution in [3.63, 3.8) is 0 Å². The third kappa shape index (κ3) is 3.64. The number of aryl methyl sites for hydroxylation is 3. The van der Waals surface area contributed by atoms with Gasteiger partial charge in [-0.05, 0) is 44.4 Å². The summed E-state index contributed by atoms with van der Waals surface area (Å²) in [7, 11) is 0. The molecule has 0 aliphatic carbocycles. The van der Waals surface area contributed by atoms with Crippen molar-refractivity contribution in [2.75, 3.05) is 6.61 Å². The first kappa shape index (κ1) is 15.1. The number of aromatic nitrogens is 3. The maximum Gasteiger partial charge on any atom is 0.141 e. The second-order valence-corrected chi connectivity index (χ2v) is 5.22. The van der Waals surface area contributed by atoms with E-state index in [0.717, 1.165) is 30.6 Å². The van der Waals surface area contributed by atoms with Gasteiger partial charge in [-0.25, -0.2) is 0 Å². The largest absolute Gasteiger partial charge is 0.492 e. The summed E-state index contributed by atoms with van der Waals surface area (Å²) in [5.74, 6) is 0.710. The van der Waals surface area contributed by atoms with Gasteiger partial charge < -0.3 is 4.74 Å². The Morgan fingerprint density at radius 2 is 2.00 bits per heavy atom. The van der Waals surface area contributed by atoms with Crippen molar-refractivity contribution in [2.24, 2.45) is 0 Å². The minimum atomic E-state index is 0.548. The van der Waals surface area contributed by atoms with Gasteiger partial charge in [-0.15, -0.1) is 5.10 Å². The number of ether oxygens (including phenoxy) is 1. The molecule has 1 heterocycles. The normalized spacial score (nSPS) is 10.8. The van der Waals surface area contributed by atoms with Crippen LogP contribution in [0, 0.1) is 0 Å². The lowest BCUT2D eigenvalue weighted by atomic mass is 10.1. The maximum absolute atomic E-state index is 6.18. The molecule has 0 bridgehead atoms. The van der Waals surface area contributed by atoms with Crippen LogP contribution in [0.4, 0.5) is 0 Å². The quantitative estimate of drug-likeness (QED) is 0.814. The summed E-state index contributed by atoms with van der Waals surface area (Å²) >= 11 is 12.2. The molecule has 6 heteroatoms. The van der Waals surface area contributed by atoms with Crippen molar-refractivity contribution in [1.82, 2.24) is 15.0 Å². The molecule has 0 radical (unpaired) electrons. The molecule has 1 aromatic heterocycles. The highest BCUT2D eigenvalue weighted by molar-refractivity contribution is 6.35. The number of hydrogen-bond acceptors (Lipinski definition) is 3. The van der Waals surface area contributed by atoms with Gasteiger partial charge in [0.25, 0.3) is 0 Å². The van der Waals surface area contributed by atoms with Gasteiger partial charge in [0.15, 0.2) is 0 Å². The predicted octanol–water partition coefficient (Wildman–Crippen LogP) is 3.79. The van der Waals surface area contributed by atoms with Crippen LogP contribution in [0.1, 0.15) is 25.1 Å². The number of halogens is 2. The van der Waals surface area contributed by atoms with Crippen molar-refractivity contribution in [1.29, 1.82) is 0 Å². The standard InChI is InChI=1S/C14H17Cl2N3O/c1-3-19-9-12(17-18-19)6-5-10-7-11(15)8-13(16)14(10)20-4-2/h7-9H,3-6H2,1-2H3. The molecule has 0 spiro atoms. The molecule has 0 atom stereocenters. The van der Waals surface area contributed by atoms with E-state index in [0.29, 0.717) is 22.4 Å². The molecule has 0 saturated heterocycles. The van der Waals surface area contributed by atoms with E-state index in [9.17, 15) is 0 Å². The summed E-state index contributed by atoms with van der Waals surface area (Å²) in [6.45, 7) is 5.35. The molecule has 0 aliphatic rings. The summed E-state index contributed by atoms with van der Waals surface area (Å²) in [5, 5.41) is 9.32. The number of hydrogen-bond donors (Lipinski definition) is 0. The average molecular weight is 314 g/mol. The van der Waals surface area contributed by atoms with Gasteiger partial charge in [-0.1, -0.05) is 28.4 Å². The fourth-order valence-corrected chi connectivity index (χ4v) is 2.57. The third-order valence-corrected chi connectivity index (χ3v) is 3.43. The maximum atomic E-state index is 6.18. The van der Waals surface area contributed by atoms with Crippen molar-refractivity contribution >= 4 is 23.2 Å². The number of benzene rings is 1. The van der Waals surface area contributed by atoms with Gasteiger partial charge in [0, 0.05) is 17.8 Å². The smallest absolute Gasteiger partial charge is 0.141 e. The van der Waals surface area contributed by atoms with Gasteiger partial charge >= 0.3 is 0 Å². The Hall–Kier alpha value is -1.26. The first-order chi connectivity index (χ1) is 9.63. The molecular formula is C14H17Cl2N3O. The van der Waals surface area contributed by atoms with Crippen molar-refractivity contribution in [2.45, 2.75) is 33.2 Å². The Kier molecular flexibility index (Phi) is 5.26. The van der Waals surface area contributed by atoms with Crippen molar-refractivity contribution in [3.05, 3.63) is 39.6 Å². The molecule has 2 aromatic rings. The Morgan fingerprint density at radius 1 is 1.20 bits per heavy atom. The lowest BCUT2D eigenvalue weighted by Gasteiger charge is -2.12. The Bertz CT molecular complexity index is 584. The van der Waals surface area contributed by atoms with E-state index in [1.165, 1.54) is 0 Å². The molecular weight excluding hydrogens is 297 g/mol. The van der Waals surface area contributed by atoms with Gasteiger partial charge in [0.1, 0.15) is 5.75 Å². The molecule has 0 saturated carbocycles. The van der Waals surface area contributed by atoms with Crippen LogP contribution in [0.25, 0.3) is 0 Å². The van der Waals surface area contributed by atoms with E-state index < -0.39 is 0 Å². The second kappa shape index (κ2) is 6.95. The van der Waals surface area contributed by atoms with E-state index in [1.54, 1.807) is 6.07 Å². The molecule has 0 N–H and O–H groups in total. The lowest BCUT2D eigenvalue weighted by Crippen LogP contribution is -2.00. The van der Waals surface area contributed by atoms with Crippen LogP contribution in [0.2, 0.25) is 10.0 Å². The van der Waals surface area contributed by atoms with E-state index >= 15 is 0 Å². The SMILES string of the molecule is CCOc1c(Cl)cc(Cl)cc1CCc1cn(CC)nn1. The molecule has 1 aromatic carbocycles. The van der Waals surface area contributed by atoms with Crippen molar-refractivity contribution in [3.8, 4) is 5.75 Å². The molecule has 0 aliphatic heterocycles. The molecule has 108 valence electrons. The monoisotopic (exact) mass is 313 g/mol. The van der Waals surface area contributed by atoms with Crippen molar-refractivity contribution < 1.29 is 4.74 Å². The molecule has 0 fully saturated rings. The summed E-state index contributed by atoms with van der Waals surface area (Å²) in [5.41, 5.74) is 1.95. The summed E-state index contributed by atoms with van der Waals surface area (Å²) in [6.07, 6.45) is 3.49. The van der Waals surface area contributed by atoms with Crippen LogP contribution in [0.5, 0.6) is 5.75 Å². The average Bonchev–Trinajstić information content (AvgIpc) is 2.88. The topological polar surface area (TPSA) is 39.9 Å². The Balaban J connectivity index is 2.15. The van der Waals surface area contributed by atoms with Gasteiger partial charge in [0.2, 0.25) is 0 Å². The van der Waals surface area contributed by atoms with Crippen LogP contribution in [-0.4, -0.2) is 21.6 Å². The van der Waals surface area contributed by atoms with Gasteiger partial charge in [-0.2, -0.15) is 0 Å². The molecule has 0 amide bonds. The van der Waals surface area contributed by atoms with E-state index in [-0.39, 0.29) is 0 Å². The molecule has 20 heavy (non-hydrogen) atoms. The van der Waals surface area contributed by atoms with Crippen LogP contribution in [-0.2, 0) is 19.4 Å². The highest BCUT2D eigenvalue weighted by Gasteiger charge is 2.11. The third-order valence-electron chi connectivity index (χ3n) is 2.93. The minimum absolute atomic E-state index is 0.548. The molecule has 2 rings (SSSR count). The van der Waals surface area contributed by atoms with Crippen LogP contribution < -0.4 is 4.74 Å². The minimum Gasteiger partial charge on any atom is -0.492 e. The van der Waals surface area contributed by atoms with Gasteiger partial charge in [0.05, 0.1) is 17.3 Å². The number of nitrogens with zero attached hydrogens (tertiary/aromatic N) is 3. The van der Waals surface area contributed by atoms with Crippen LogP contribution in [0.3, 0.4) is 0 Å². The van der Waals surface area contributed by atoms with E-state index in [1.807, 2.05) is 30.8 Å². The summed E-state index contributed by atoms with van der Waals surface area (Å²) < 4.78 is 7.42. The fourth-order valence-electron chi connectivity index (χ4n) is 1.98. The lowest BCUT2D eigenvalue weighted by molar-refractivity contribution is 0.336.